The lowest BCUT2D eigenvalue weighted by Gasteiger charge is -2.14. The number of benzene rings is 2. The van der Waals surface area contributed by atoms with Gasteiger partial charge in [0.2, 0.25) is 5.91 Å². The first kappa shape index (κ1) is 23.6. The lowest BCUT2D eigenvalue weighted by atomic mass is 10.1. The number of nitrogens with one attached hydrogen (secondary N) is 1. The molecule has 1 amide bonds. The van der Waals surface area contributed by atoms with Gasteiger partial charge in [-0.05, 0) is 30.3 Å². The van der Waals surface area contributed by atoms with Gasteiger partial charge in [-0.2, -0.15) is 5.10 Å². The zero-order valence-corrected chi connectivity index (χ0v) is 17.7. The molecule has 8 nitrogen and oxygen atoms in total. The van der Waals surface area contributed by atoms with Crippen molar-refractivity contribution in [1.82, 2.24) is 15.1 Å². The highest BCUT2D eigenvalue weighted by atomic mass is 19.4. The fourth-order valence-corrected chi connectivity index (χ4v) is 2.97. The summed E-state index contributed by atoms with van der Waals surface area (Å²) in [7, 11) is 2.99. The van der Waals surface area contributed by atoms with Crippen molar-refractivity contribution < 1.29 is 32.2 Å². The fraction of sp³-hybridized carbons (Fsp3) is 0.227. The summed E-state index contributed by atoms with van der Waals surface area (Å²) in [4.78, 5) is 24.5. The van der Waals surface area contributed by atoms with Crippen LogP contribution in [0.4, 0.5) is 13.2 Å². The van der Waals surface area contributed by atoms with E-state index < -0.39 is 30.1 Å². The Kier molecular flexibility index (Phi) is 7.21. The second kappa shape index (κ2) is 10.1. The summed E-state index contributed by atoms with van der Waals surface area (Å²) in [5, 5.41) is 6.68. The van der Waals surface area contributed by atoms with Crippen molar-refractivity contribution >= 4 is 5.91 Å². The quantitative estimate of drug-likeness (QED) is 0.552. The normalized spacial score (nSPS) is 11.1. The first-order valence-electron chi connectivity index (χ1n) is 9.61. The Labute approximate surface area is 186 Å². The van der Waals surface area contributed by atoms with Gasteiger partial charge in [0, 0.05) is 23.7 Å². The van der Waals surface area contributed by atoms with E-state index in [2.05, 4.69) is 15.2 Å². The van der Waals surface area contributed by atoms with Gasteiger partial charge in [-0.3, -0.25) is 9.59 Å². The van der Waals surface area contributed by atoms with Crippen molar-refractivity contribution in [3.63, 3.8) is 0 Å². The Bertz CT molecular complexity index is 1190. The minimum absolute atomic E-state index is 0.127. The van der Waals surface area contributed by atoms with Crippen LogP contribution in [-0.2, 0) is 17.9 Å². The molecule has 1 heterocycles. The number of para-hydroxylation sites is 1. The van der Waals surface area contributed by atoms with E-state index >= 15 is 0 Å². The smallest absolute Gasteiger partial charge is 0.493 e. The van der Waals surface area contributed by atoms with E-state index in [1.54, 1.807) is 18.2 Å². The highest BCUT2D eigenvalue weighted by Gasteiger charge is 2.32. The number of carbonyl (C=O) groups excluding carboxylic acids is 1. The average molecular weight is 463 g/mol. The van der Waals surface area contributed by atoms with Gasteiger partial charge in [0.15, 0.2) is 11.5 Å². The molecule has 0 radical (unpaired) electrons. The standard InChI is InChI=1S/C22H20F3N3O5/c1-31-18-9-7-14(11-19(18)32-2)16-8-10-21(30)28(27-16)13-20(29)26-12-15-5-3-4-6-17(15)33-22(23,24)25/h3-11H,12-13H2,1-2H3,(H,26,29). The van der Waals surface area contributed by atoms with Crippen LogP contribution in [0, 0.1) is 0 Å². The third-order valence-electron chi connectivity index (χ3n) is 4.51. The molecule has 1 N–H and O–H groups in total. The molecule has 0 atom stereocenters. The van der Waals surface area contributed by atoms with Crippen LogP contribution in [0.1, 0.15) is 5.56 Å². The Morgan fingerprint density at radius 2 is 1.73 bits per heavy atom. The number of alkyl halides is 3. The van der Waals surface area contributed by atoms with Crippen molar-refractivity contribution in [2.24, 2.45) is 0 Å². The number of nitrogens with zero attached hydrogens (tertiary/aromatic N) is 2. The highest BCUT2D eigenvalue weighted by Crippen LogP contribution is 2.31. The van der Waals surface area contributed by atoms with Gasteiger partial charge >= 0.3 is 6.36 Å². The summed E-state index contributed by atoms with van der Waals surface area (Å²) < 4.78 is 53.0. The van der Waals surface area contributed by atoms with E-state index in [0.717, 1.165) is 10.7 Å². The number of carbonyl (C=O) groups is 1. The SMILES string of the molecule is COc1ccc(-c2ccc(=O)n(CC(=O)NCc3ccccc3OC(F)(F)F)n2)cc1OC. The molecular weight excluding hydrogens is 443 g/mol. The molecule has 0 unspecified atom stereocenters. The van der Waals surface area contributed by atoms with E-state index in [9.17, 15) is 22.8 Å². The molecule has 11 heteroatoms. The van der Waals surface area contributed by atoms with Gasteiger partial charge in [-0.25, -0.2) is 4.68 Å². The van der Waals surface area contributed by atoms with E-state index in [-0.39, 0.29) is 12.1 Å². The third-order valence-corrected chi connectivity index (χ3v) is 4.51. The minimum Gasteiger partial charge on any atom is -0.493 e. The molecule has 33 heavy (non-hydrogen) atoms. The second-order valence-corrected chi connectivity index (χ2v) is 6.72. The van der Waals surface area contributed by atoms with Gasteiger partial charge < -0.3 is 19.5 Å². The first-order chi connectivity index (χ1) is 15.7. The molecule has 0 saturated heterocycles. The lowest BCUT2D eigenvalue weighted by Crippen LogP contribution is -2.33. The van der Waals surface area contributed by atoms with E-state index in [0.29, 0.717) is 22.8 Å². The van der Waals surface area contributed by atoms with Crippen LogP contribution in [0.25, 0.3) is 11.3 Å². The van der Waals surface area contributed by atoms with E-state index in [1.165, 1.54) is 44.6 Å². The van der Waals surface area contributed by atoms with Crippen LogP contribution in [0.3, 0.4) is 0 Å². The Balaban J connectivity index is 1.73. The zero-order valence-electron chi connectivity index (χ0n) is 17.7. The van der Waals surface area contributed by atoms with Gasteiger partial charge in [0.25, 0.3) is 5.56 Å². The molecule has 0 aliphatic carbocycles. The first-order valence-corrected chi connectivity index (χ1v) is 9.61. The molecule has 3 rings (SSSR count). The molecule has 3 aromatic rings. The maximum atomic E-state index is 12.5. The molecule has 0 saturated carbocycles. The molecule has 1 aromatic heterocycles. The predicted octanol–water partition coefficient (Wildman–Crippen LogP) is 3.14. The molecule has 0 aliphatic heterocycles. The number of methoxy groups -OCH3 is 2. The number of hydrogen-bond donors (Lipinski definition) is 1. The van der Waals surface area contributed by atoms with Crippen LogP contribution in [0.15, 0.2) is 59.4 Å². The van der Waals surface area contributed by atoms with Crippen molar-refractivity contribution in [2.45, 2.75) is 19.5 Å². The Hall–Kier alpha value is -4.02. The van der Waals surface area contributed by atoms with Crippen molar-refractivity contribution in [3.05, 3.63) is 70.5 Å². The molecule has 174 valence electrons. The molecule has 2 aromatic carbocycles. The summed E-state index contributed by atoms with van der Waals surface area (Å²) in [5.41, 5.74) is 0.644. The third kappa shape index (κ3) is 6.25. The average Bonchev–Trinajstić information content (AvgIpc) is 2.78. The number of rotatable bonds is 8. The molecule has 0 fully saturated rings. The summed E-state index contributed by atoms with van der Waals surface area (Å²) in [6.45, 7) is -0.655. The summed E-state index contributed by atoms with van der Waals surface area (Å²) in [5.74, 6) is -0.0531. The van der Waals surface area contributed by atoms with Crippen LogP contribution in [-0.4, -0.2) is 36.3 Å². The summed E-state index contributed by atoms with van der Waals surface area (Å²) >= 11 is 0. The van der Waals surface area contributed by atoms with Gasteiger partial charge in [-0.1, -0.05) is 18.2 Å². The topological polar surface area (TPSA) is 91.7 Å². The van der Waals surface area contributed by atoms with Crippen molar-refractivity contribution in [3.8, 4) is 28.5 Å². The molecule has 0 bridgehead atoms. The largest absolute Gasteiger partial charge is 0.573 e. The van der Waals surface area contributed by atoms with Crippen molar-refractivity contribution in [1.29, 1.82) is 0 Å². The fourth-order valence-electron chi connectivity index (χ4n) is 2.97. The molecule has 0 aliphatic rings. The summed E-state index contributed by atoms with van der Waals surface area (Å²) in [6.07, 6.45) is -4.86. The van der Waals surface area contributed by atoms with Gasteiger partial charge in [-0.15, -0.1) is 13.2 Å². The number of aromatic nitrogens is 2. The number of hydrogen-bond acceptors (Lipinski definition) is 6. The van der Waals surface area contributed by atoms with Gasteiger partial charge in [0.05, 0.1) is 19.9 Å². The van der Waals surface area contributed by atoms with Crippen molar-refractivity contribution in [2.75, 3.05) is 14.2 Å². The molecule has 0 spiro atoms. The predicted molar refractivity (Wildman–Crippen MR) is 112 cm³/mol. The maximum Gasteiger partial charge on any atom is 0.573 e. The van der Waals surface area contributed by atoms with Crippen LogP contribution < -0.4 is 25.1 Å². The maximum absolute atomic E-state index is 12.5. The highest BCUT2D eigenvalue weighted by molar-refractivity contribution is 5.75. The van der Waals surface area contributed by atoms with E-state index in [4.69, 9.17) is 9.47 Å². The Morgan fingerprint density at radius 3 is 2.42 bits per heavy atom. The van der Waals surface area contributed by atoms with E-state index in [1.807, 2.05) is 0 Å². The second-order valence-electron chi connectivity index (χ2n) is 6.72. The lowest BCUT2D eigenvalue weighted by molar-refractivity contribution is -0.274. The number of amides is 1. The van der Waals surface area contributed by atoms with Gasteiger partial charge in [0.1, 0.15) is 12.3 Å². The monoisotopic (exact) mass is 463 g/mol. The Morgan fingerprint density at radius 1 is 1.00 bits per heavy atom. The van der Waals surface area contributed by atoms with Crippen LogP contribution in [0.2, 0.25) is 0 Å². The molecular formula is C22H20F3N3O5. The minimum atomic E-state index is -4.86. The summed E-state index contributed by atoms with van der Waals surface area (Å²) in [6, 6.07) is 13.3. The van der Waals surface area contributed by atoms with Crippen LogP contribution in [0.5, 0.6) is 17.2 Å². The number of halogens is 3. The number of ether oxygens (including phenoxy) is 3. The zero-order chi connectivity index (χ0) is 24.0. The van der Waals surface area contributed by atoms with Crippen LogP contribution >= 0.6 is 0 Å².